The fourth-order valence-electron chi connectivity index (χ4n) is 6.28. The third kappa shape index (κ3) is 6.59. The monoisotopic (exact) mass is 472 g/mol. The molecular formula is C30H39ClF2. The third-order valence-electron chi connectivity index (χ3n) is 8.43. The molecule has 33 heavy (non-hydrogen) atoms. The summed E-state index contributed by atoms with van der Waals surface area (Å²) in [5.41, 5.74) is 1.41. The fourth-order valence-corrected chi connectivity index (χ4v) is 6.40. The van der Waals surface area contributed by atoms with Crippen LogP contribution >= 0.6 is 11.6 Å². The summed E-state index contributed by atoms with van der Waals surface area (Å²) < 4.78 is 29.8. The second-order valence-corrected chi connectivity index (χ2v) is 11.1. The normalized spacial score (nSPS) is 25.8. The van der Waals surface area contributed by atoms with Crippen LogP contribution in [0.4, 0.5) is 8.78 Å². The van der Waals surface area contributed by atoms with Crippen molar-refractivity contribution in [3.8, 4) is 11.1 Å². The molecule has 3 heteroatoms. The lowest BCUT2D eigenvalue weighted by Crippen LogP contribution is -2.18. The third-order valence-corrected chi connectivity index (χ3v) is 8.68. The van der Waals surface area contributed by atoms with Gasteiger partial charge in [-0.15, -0.1) is 0 Å². The molecule has 2 aliphatic rings. The summed E-state index contributed by atoms with van der Waals surface area (Å²) in [5, 5.41) is 0.563. The van der Waals surface area contributed by atoms with E-state index in [9.17, 15) is 8.78 Å². The molecular weight excluding hydrogens is 434 g/mol. The molecule has 0 nitrogen and oxygen atoms in total. The molecule has 0 N–H and O–H groups in total. The lowest BCUT2D eigenvalue weighted by molar-refractivity contribution is 0.222. The highest BCUT2D eigenvalue weighted by atomic mass is 35.5. The molecule has 0 atom stereocenters. The molecule has 2 aliphatic carbocycles. The number of benzene rings is 2. The van der Waals surface area contributed by atoms with E-state index in [0.717, 1.165) is 36.2 Å². The molecule has 0 aliphatic heterocycles. The SMILES string of the molecule is CCCC[C@H]1CC[C@H](CC[C@H]2CC[C@H](c3cc(F)c(-c4ccc(Cl)cc4)c(F)c3)CC2)CC1. The first-order valence-corrected chi connectivity index (χ1v) is 13.7. The highest BCUT2D eigenvalue weighted by Crippen LogP contribution is 2.41. The van der Waals surface area contributed by atoms with Gasteiger partial charge in [-0.2, -0.15) is 0 Å². The van der Waals surface area contributed by atoms with Crippen LogP contribution in [0.25, 0.3) is 11.1 Å². The topological polar surface area (TPSA) is 0 Å². The van der Waals surface area contributed by atoms with Crippen molar-refractivity contribution in [1.29, 1.82) is 0 Å². The van der Waals surface area contributed by atoms with Crippen molar-refractivity contribution in [3.05, 3.63) is 58.6 Å². The van der Waals surface area contributed by atoms with Gasteiger partial charge in [0.1, 0.15) is 11.6 Å². The van der Waals surface area contributed by atoms with Crippen LogP contribution in [0, 0.1) is 29.4 Å². The van der Waals surface area contributed by atoms with E-state index in [1.165, 1.54) is 70.6 Å². The van der Waals surface area contributed by atoms with E-state index in [2.05, 4.69) is 6.92 Å². The Hall–Kier alpha value is -1.41. The van der Waals surface area contributed by atoms with Crippen LogP contribution in [0.5, 0.6) is 0 Å². The van der Waals surface area contributed by atoms with Crippen molar-refractivity contribution in [2.75, 3.05) is 0 Å². The molecule has 2 aromatic carbocycles. The van der Waals surface area contributed by atoms with E-state index < -0.39 is 11.6 Å². The molecule has 2 fully saturated rings. The zero-order chi connectivity index (χ0) is 23.2. The summed E-state index contributed by atoms with van der Waals surface area (Å²) in [6, 6.07) is 9.81. The number of unbranched alkanes of at least 4 members (excludes halogenated alkanes) is 1. The molecule has 0 aromatic heterocycles. The van der Waals surface area contributed by atoms with Gasteiger partial charge in [-0.1, -0.05) is 88.4 Å². The smallest absolute Gasteiger partial charge is 0.134 e. The van der Waals surface area contributed by atoms with Crippen LogP contribution in [0.2, 0.25) is 5.02 Å². The first-order chi connectivity index (χ1) is 16.0. The summed E-state index contributed by atoms with van der Waals surface area (Å²) in [7, 11) is 0. The van der Waals surface area contributed by atoms with E-state index in [-0.39, 0.29) is 11.5 Å². The molecule has 0 bridgehead atoms. The minimum absolute atomic E-state index is 0.0496. The molecule has 4 rings (SSSR count). The van der Waals surface area contributed by atoms with Crippen LogP contribution < -0.4 is 0 Å². The number of hydrogen-bond acceptors (Lipinski definition) is 0. The van der Waals surface area contributed by atoms with Crippen molar-refractivity contribution in [2.45, 2.75) is 96.3 Å². The van der Waals surface area contributed by atoms with Gasteiger partial charge < -0.3 is 0 Å². The predicted molar refractivity (Wildman–Crippen MR) is 136 cm³/mol. The zero-order valence-corrected chi connectivity index (χ0v) is 20.9. The summed E-state index contributed by atoms with van der Waals surface area (Å²) in [6.07, 6.45) is 17.1. The Morgan fingerprint density at radius 1 is 0.727 bits per heavy atom. The second-order valence-electron chi connectivity index (χ2n) is 10.7. The second kappa shape index (κ2) is 11.8. The number of rotatable bonds is 8. The molecule has 180 valence electrons. The average molecular weight is 473 g/mol. The predicted octanol–water partition coefficient (Wildman–Crippen LogP) is 10.3. The molecule has 0 saturated heterocycles. The Morgan fingerprint density at radius 3 is 1.73 bits per heavy atom. The van der Waals surface area contributed by atoms with Crippen molar-refractivity contribution in [2.24, 2.45) is 17.8 Å². The van der Waals surface area contributed by atoms with Gasteiger partial charge in [0, 0.05) is 5.02 Å². The molecule has 0 radical (unpaired) electrons. The lowest BCUT2D eigenvalue weighted by Gasteiger charge is -2.32. The largest absolute Gasteiger partial charge is 0.206 e. The van der Waals surface area contributed by atoms with E-state index in [4.69, 9.17) is 11.6 Å². The summed E-state index contributed by atoms with van der Waals surface area (Å²) in [4.78, 5) is 0. The van der Waals surface area contributed by atoms with Gasteiger partial charge in [0.2, 0.25) is 0 Å². The van der Waals surface area contributed by atoms with Gasteiger partial charge in [-0.3, -0.25) is 0 Å². The first-order valence-electron chi connectivity index (χ1n) is 13.3. The van der Waals surface area contributed by atoms with E-state index in [1.807, 2.05) is 0 Å². The van der Waals surface area contributed by atoms with E-state index >= 15 is 0 Å². The van der Waals surface area contributed by atoms with Crippen LogP contribution in [-0.2, 0) is 0 Å². The zero-order valence-electron chi connectivity index (χ0n) is 20.1. The first kappa shape index (κ1) is 24.7. The van der Waals surface area contributed by atoms with E-state index in [0.29, 0.717) is 10.6 Å². The number of hydrogen-bond donors (Lipinski definition) is 0. The van der Waals surface area contributed by atoms with Gasteiger partial charge in [0.05, 0.1) is 5.56 Å². The Kier molecular flexibility index (Phi) is 8.85. The van der Waals surface area contributed by atoms with Gasteiger partial charge in [-0.25, -0.2) is 8.78 Å². The summed E-state index contributed by atoms with van der Waals surface area (Å²) in [5.74, 6) is 2.06. The van der Waals surface area contributed by atoms with Crippen molar-refractivity contribution >= 4 is 11.6 Å². The van der Waals surface area contributed by atoms with Gasteiger partial charge in [0.15, 0.2) is 0 Å². The van der Waals surface area contributed by atoms with Gasteiger partial charge >= 0.3 is 0 Å². The maximum atomic E-state index is 14.9. The average Bonchev–Trinajstić information content (AvgIpc) is 2.83. The summed E-state index contributed by atoms with van der Waals surface area (Å²) in [6.45, 7) is 2.30. The van der Waals surface area contributed by atoms with Crippen molar-refractivity contribution in [1.82, 2.24) is 0 Å². The molecule has 0 amide bonds. The molecule has 0 heterocycles. The quantitative estimate of drug-likeness (QED) is 0.358. The van der Waals surface area contributed by atoms with Crippen LogP contribution in [-0.4, -0.2) is 0 Å². The van der Waals surface area contributed by atoms with Crippen LogP contribution in [0.3, 0.4) is 0 Å². The van der Waals surface area contributed by atoms with Crippen molar-refractivity contribution in [3.63, 3.8) is 0 Å². The minimum Gasteiger partial charge on any atom is -0.206 e. The van der Waals surface area contributed by atoms with Crippen LogP contribution in [0.15, 0.2) is 36.4 Å². The Bertz CT molecular complexity index is 852. The number of halogens is 3. The summed E-state index contributed by atoms with van der Waals surface area (Å²) >= 11 is 5.92. The molecule has 2 saturated carbocycles. The van der Waals surface area contributed by atoms with E-state index in [1.54, 1.807) is 36.4 Å². The highest BCUT2D eigenvalue weighted by molar-refractivity contribution is 6.30. The van der Waals surface area contributed by atoms with Crippen LogP contribution in [0.1, 0.15) is 102 Å². The lowest BCUT2D eigenvalue weighted by atomic mass is 9.74. The van der Waals surface area contributed by atoms with Gasteiger partial charge in [0.25, 0.3) is 0 Å². The molecule has 0 spiro atoms. The fraction of sp³-hybridized carbons (Fsp3) is 0.600. The molecule has 0 unspecified atom stereocenters. The standard InChI is InChI=1S/C30H39ClF2/c1-2-3-4-21-5-7-22(8-6-21)9-10-23-11-13-24(14-12-23)26-19-28(32)30(29(33)20-26)25-15-17-27(31)18-16-25/h15-24H,2-14H2,1H3/t21-,22-,23-,24-. The maximum absolute atomic E-state index is 14.9. The Labute approximate surface area is 204 Å². The molecule has 2 aromatic rings. The Morgan fingerprint density at radius 2 is 1.21 bits per heavy atom. The van der Waals surface area contributed by atoms with Crippen molar-refractivity contribution < 1.29 is 8.78 Å². The maximum Gasteiger partial charge on any atom is 0.134 e. The Balaban J connectivity index is 1.26. The van der Waals surface area contributed by atoms with Gasteiger partial charge in [-0.05, 0) is 84.7 Å². The minimum atomic E-state index is -0.469. The highest BCUT2D eigenvalue weighted by Gasteiger charge is 2.26.